The van der Waals surface area contributed by atoms with Crippen LogP contribution in [0.15, 0.2) is 4.52 Å². The molecule has 4 atom stereocenters. The molecule has 3 heterocycles. The molecule has 5 heteroatoms. The van der Waals surface area contributed by atoms with Crippen LogP contribution in [0.2, 0.25) is 0 Å². The minimum Gasteiger partial charge on any atom is -0.370 e. The number of aryl methyl sites for hydroxylation is 2. The lowest BCUT2D eigenvalue weighted by atomic mass is 9.75. The molecular weight excluding hydrogens is 334 g/mol. The summed E-state index contributed by atoms with van der Waals surface area (Å²) in [7, 11) is 0. The minimum absolute atomic E-state index is 0.0991. The first-order valence-corrected chi connectivity index (χ1v) is 8.57. The standard InChI is InChI=1S/C16H24BrNO3/c1-9(2)16-7-14(15(5,21-16)6-13(16)17)19-8-12-10(3)18-20-11(12)4/h9,13-14H,6-8H2,1-5H3/t13-,14+,15-,16+/m0/s1. The SMILES string of the molecule is Cc1noc(C)c1CO[C@@H]1C[C@]2(C(C)C)O[C@@]1(C)C[C@@H]2Br. The first-order valence-electron chi connectivity index (χ1n) is 7.66. The second kappa shape index (κ2) is 5.07. The van der Waals surface area contributed by atoms with Crippen LogP contribution in [0.3, 0.4) is 0 Å². The minimum atomic E-state index is -0.197. The maximum Gasteiger partial charge on any atom is 0.139 e. The topological polar surface area (TPSA) is 44.5 Å². The fourth-order valence-corrected chi connectivity index (χ4v) is 5.23. The van der Waals surface area contributed by atoms with Gasteiger partial charge in [-0.3, -0.25) is 0 Å². The fraction of sp³-hybridized carbons (Fsp3) is 0.812. The van der Waals surface area contributed by atoms with E-state index in [4.69, 9.17) is 14.0 Å². The van der Waals surface area contributed by atoms with E-state index in [1.807, 2.05) is 13.8 Å². The molecule has 118 valence electrons. The first kappa shape index (κ1) is 15.5. The summed E-state index contributed by atoms with van der Waals surface area (Å²) in [5, 5.41) is 3.99. The van der Waals surface area contributed by atoms with Gasteiger partial charge in [0.2, 0.25) is 0 Å². The van der Waals surface area contributed by atoms with E-state index in [0.29, 0.717) is 17.4 Å². The second-order valence-corrected chi connectivity index (χ2v) is 8.11. The maximum atomic E-state index is 6.45. The molecular formula is C16H24BrNO3. The molecule has 0 spiro atoms. The van der Waals surface area contributed by atoms with E-state index in [0.717, 1.165) is 29.9 Å². The molecule has 0 aliphatic carbocycles. The Labute approximate surface area is 134 Å². The van der Waals surface area contributed by atoms with Crippen LogP contribution in [0.5, 0.6) is 0 Å². The molecule has 2 fully saturated rings. The number of nitrogens with zero attached hydrogens (tertiary/aromatic N) is 1. The summed E-state index contributed by atoms with van der Waals surface area (Å²) >= 11 is 3.82. The van der Waals surface area contributed by atoms with Gasteiger partial charge in [0.1, 0.15) is 5.76 Å². The molecule has 0 radical (unpaired) electrons. The highest BCUT2D eigenvalue weighted by Gasteiger charge is 2.65. The Morgan fingerprint density at radius 2 is 2.10 bits per heavy atom. The van der Waals surface area contributed by atoms with Crippen molar-refractivity contribution in [3.63, 3.8) is 0 Å². The summed E-state index contributed by atoms with van der Waals surface area (Å²) in [6.07, 6.45) is 2.07. The third kappa shape index (κ3) is 2.28. The summed E-state index contributed by atoms with van der Waals surface area (Å²) < 4.78 is 17.9. The summed E-state index contributed by atoms with van der Waals surface area (Å²) in [5.74, 6) is 1.31. The Hall–Kier alpha value is -0.390. The fourth-order valence-electron chi connectivity index (χ4n) is 3.78. The molecule has 3 rings (SSSR count). The maximum absolute atomic E-state index is 6.45. The van der Waals surface area contributed by atoms with E-state index in [-0.39, 0.29) is 17.3 Å². The van der Waals surface area contributed by atoms with E-state index in [9.17, 15) is 0 Å². The van der Waals surface area contributed by atoms with Crippen LogP contribution in [0, 0.1) is 19.8 Å². The van der Waals surface area contributed by atoms with Gasteiger partial charge in [0, 0.05) is 16.8 Å². The van der Waals surface area contributed by atoms with Gasteiger partial charge >= 0.3 is 0 Å². The van der Waals surface area contributed by atoms with Crippen LogP contribution in [0.4, 0.5) is 0 Å². The van der Waals surface area contributed by atoms with Gasteiger partial charge in [-0.15, -0.1) is 0 Å². The van der Waals surface area contributed by atoms with Gasteiger partial charge in [-0.2, -0.15) is 0 Å². The van der Waals surface area contributed by atoms with Crippen LogP contribution in [0.25, 0.3) is 0 Å². The Bertz CT molecular complexity index is 524. The van der Waals surface area contributed by atoms with Gasteiger partial charge in [-0.25, -0.2) is 0 Å². The molecule has 2 aliphatic rings. The molecule has 0 amide bonds. The Balaban J connectivity index is 1.74. The largest absolute Gasteiger partial charge is 0.370 e. The summed E-state index contributed by atoms with van der Waals surface area (Å²) in [4.78, 5) is 0.411. The molecule has 0 unspecified atom stereocenters. The third-order valence-electron chi connectivity index (χ3n) is 5.31. The van der Waals surface area contributed by atoms with Crippen molar-refractivity contribution in [2.45, 2.75) is 76.2 Å². The average molecular weight is 358 g/mol. The van der Waals surface area contributed by atoms with Crippen molar-refractivity contribution in [2.24, 2.45) is 5.92 Å². The van der Waals surface area contributed by atoms with E-state index >= 15 is 0 Å². The number of aromatic nitrogens is 1. The number of alkyl halides is 1. The Morgan fingerprint density at radius 3 is 2.62 bits per heavy atom. The quantitative estimate of drug-likeness (QED) is 0.766. The number of fused-ring (bicyclic) bond motifs is 2. The zero-order chi connectivity index (χ0) is 15.4. The zero-order valence-electron chi connectivity index (χ0n) is 13.4. The summed E-state index contributed by atoms with van der Waals surface area (Å²) in [6.45, 7) is 11.1. The molecule has 0 aromatic carbocycles. The van der Waals surface area contributed by atoms with Gasteiger partial charge < -0.3 is 14.0 Å². The molecule has 4 nitrogen and oxygen atoms in total. The first-order chi connectivity index (χ1) is 9.78. The van der Waals surface area contributed by atoms with Crippen molar-refractivity contribution in [1.82, 2.24) is 5.16 Å². The lowest BCUT2D eigenvalue weighted by molar-refractivity contribution is -0.0956. The molecule has 21 heavy (non-hydrogen) atoms. The lowest BCUT2D eigenvalue weighted by Crippen LogP contribution is -2.44. The predicted molar refractivity (Wildman–Crippen MR) is 83.6 cm³/mol. The van der Waals surface area contributed by atoms with Crippen LogP contribution in [0.1, 0.15) is 50.6 Å². The predicted octanol–water partition coefficient (Wildman–Crippen LogP) is 3.92. The molecule has 2 saturated heterocycles. The molecule has 0 N–H and O–H groups in total. The number of ether oxygens (including phenoxy) is 2. The molecule has 2 aliphatic heterocycles. The van der Waals surface area contributed by atoms with E-state index in [1.54, 1.807) is 0 Å². The normalized spacial score (nSPS) is 38.6. The molecule has 0 saturated carbocycles. The van der Waals surface area contributed by atoms with Crippen LogP contribution >= 0.6 is 15.9 Å². The van der Waals surface area contributed by atoms with Crippen LogP contribution < -0.4 is 0 Å². The highest BCUT2D eigenvalue weighted by Crippen LogP contribution is 2.57. The van der Waals surface area contributed by atoms with Gasteiger partial charge in [0.05, 0.1) is 29.6 Å². The zero-order valence-corrected chi connectivity index (χ0v) is 15.0. The van der Waals surface area contributed by atoms with Crippen molar-refractivity contribution in [3.8, 4) is 0 Å². The summed E-state index contributed by atoms with van der Waals surface area (Å²) in [5.41, 5.74) is 1.68. The van der Waals surface area contributed by atoms with Crippen LogP contribution in [-0.4, -0.2) is 27.3 Å². The Morgan fingerprint density at radius 1 is 1.38 bits per heavy atom. The van der Waals surface area contributed by atoms with Gasteiger partial charge in [0.25, 0.3) is 0 Å². The monoisotopic (exact) mass is 357 g/mol. The lowest BCUT2D eigenvalue weighted by Gasteiger charge is -2.35. The van der Waals surface area contributed by atoms with E-state index in [1.165, 1.54) is 0 Å². The van der Waals surface area contributed by atoms with Crippen molar-refractivity contribution in [1.29, 1.82) is 0 Å². The third-order valence-corrected chi connectivity index (χ3v) is 6.41. The van der Waals surface area contributed by atoms with Crippen molar-refractivity contribution in [3.05, 3.63) is 17.0 Å². The highest BCUT2D eigenvalue weighted by atomic mass is 79.9. The second-order valence-electron chi connectivity index (χ2n) is 7.00. The van der Waals surface area contributed by atoms with Gasteiger partial charge in [0.15, 0.2) is 0 Å². The number of hydrogen-bond acceptors (Lipinski definition) is 4. The number of halogens is 1. The van der Waals surface area contributed by atoms with Gasteiger partial charge in [-0.05, 0) is 33.1 Å². The van der Waals surface area contributed by atoms with Crippen molar-refractivity contribution in [2.75, 3.05) is 0 Å². The van der Waals surface area contributed by atoms with Crippen molar-refractivity contribution < 1.29 is 14.0 Å². The average Bonchev–Trinajstić information content (AvgIpc) is 2.96. The summed E-state index contributed by atoms with van der Waals surface area (Å²) in [6, 6.07) is 0. The van der Waals surface area contributed by atoms with Crippen LogP contribution in [-0.2, 0) is 16.1 Å². The number of hydrogen-bond donors (Lipinski definition) is 0. The van der Waals surface area contributed by atoms with E-state index < -0.39 is 0 Å². The molecule has 1 aromatic heterocycles. The number of rotatable bonds is 4. The highest BCUT2D eigenvalue weighted by molar-refractivity contribution is 9.09. The van der Waals surface area contributed by atoms with E-state index in [2.05, 4.69) is 41.9 Å². The van der Waals surface area contributed by atoms with Gasteiger partial charge in [-0.1, -0.05) is 34.9 Å². The molecule has 2 bridgehead atoms. The molecule has 1 aromatic rings. The smallest absolute Gasteiger partial charge is 0.139 e. The van der Waals surface area contributed by atoms with Crippen molar-refractivity contribution >= 4 is 15.9 Å². The Kier molecular flexibility index (Phi) is 3.74.